The summed E-state index contributed by atoms with van der Waals surface area (Å²) in [4.78, 5) is 26.5. The molecule has 0 aliphatic heterocycles. The molecule has 0 fully saturated rings. The zero-order valence-electron chi connectivity index (χ0n) is 13.0. The highest BCUT2D eigenvalue weighted by molar-refractivity contribution is 6.31. The summed E-state index contributed by atoms with van der Waals surface area (Å²) >= 11 is 6.03. The Morgan fingerprint density at radius 3 is 2.50 bits per heavy atom. The van der Waals surface area contributed by atoms with E-state index < -0.39 is 5.97 Å². The fourth-order valence-electron chi connectivity index (χ4n) is 2.37. The first-order valence-corrected chi connectivity index (χ1v) is 7.72. The van der Waals surface area contributed by atoms with E-state index in [-0.39, 0.29) is 12.3 Å². The average molecular weight is 343 g/mol. The van der Waals surface area contributed by atoms with Gasteiger partial charge in [-0.15, -0.1) is 0 Å². The van der Waals surface area contributed by atoms with E-state index in [4.69, 9.17) is 16.3 Å². The SMILES string of the molecule is Cc1c[nH]c(=O)n1-c1ccc(C(=O)OCc2ccccc2Cl)cc1. The maximum atomic E-state index is 12.1. The number of carbonyl (C=O) groups excluding carboxylic acids is 1. The van der Waals surface area contributed by atoms with Crippen molar-refractivity contribution in [1.29, 1.82) is 0 Å². The normalized spacial score (nSPS) is 10.6. The lowest BCUT2D eigenvalue weighted by Crippen LogP contribution is -2.16. The van der Waals surface area contributed by atoms with E-state index in [0.717, 1.165) is 11.3 Å². The van der Waals surface area contributed by atoms with E-state index in [9.17, 15) is 9.59 Å². The van der Waals surface area contributed by atoms with Gasteiger partial charge in [0.15, 0.2) is 0 Å². The van der Waals surface area contributed by atoms with Gasteiger partial charge in [0, 0.05) is 22.5 Å². The molecule has 6 heteroatoms. The Labute approximate surface area is 143 Å². The zero-order chi connectivity index (χ0) is 17.1. The van der Waals surface area contributed by atoms with E-state index in [1.165, 1.54) is 4.57 Å². The first-order chi connectivity index (χ1) is 11.6. The summed E-state index contributed by atoms with van der Waals surface area (Å²) in [6.45, 7) is 1.93. The monoisotopic (exact) mass is 342 g/mol. The van der Waals surface area contributed by atoms with Crippen LogP contribution in [-0.2, 0) is 11.3 Å². The third kappa shape index (κ3) is 3.26. The predicted octanol–water partition coefficient (Wildman–Crippen LogP) is 3.48. The third-order valence-electron chi connectivity index (χ3n) is 3.64. The van der Waals surface area contributed by atoms with Crippen LogP contribution < -0.4 is 5.69 Å². The second-order valence-electron chi connectivity index (χ2n) is 5.29. The van der Waals surface area contributed by atoms with Crippen LogP contribution >= 0.6 is 11.6 Å². The molecular weight excluding hydrogens is 328 g/mol. The highest BCUT2D eigenvalue weighted by Gasteiger charge is 2.10. The number of nitrogens with zero attached hydrogens (tertiary/aromatic N) is 1. The molecule has 1 heterocycles. The van der Waals surface area contributed by atoms with Crippen LogP contribution in [0.25, 0.3) is 5.69 Å². The molecule has 0 saturated carbocycles. The van der Waals surface area contributed by atoms with Crippen LogP contribution in [-0.4, -0.2) is 15.5 Å². The van der Waals surface area contributed by atoms with Gasteiger partial charge in [-0.3, -0.25) is 4.57 Å². The van der Waals surface area contributed by atoms with Crippen LogP contribution in [0.2, 0.25) is 5.02 Å². The molecule has 0 saturated heterocycles. The minimum Gasteiger partial charge on any atom is -0.457 e. The van der Waals surface area contributed by atoms with E-state index in [0.29, 0.717) is 16.3 Å². The van der Waals surface area contributed by atoms with Gasteiger partial charge in [-0.1, -0.05) is 29.8 Å². The van der Waals surface area contributed by atoms with Crippen LogP contribution in [0.1, 0.15) is 21.6 Å². The number of halogens is 1. The van der Waals surface area contributed by atoms with Crippen molar-refractivity contribution in [2.24, 2.45) is 0 Å². The Hall–Kier alpha value is -2.79. The largest absolute Gasteiger partial charge is 0.457 e. The van der Waals surface area contributed by atoms with Crippen molar-refractivity contribution in [2.45, 2.75) is 13.5 Å². The Balaban J connectivity index is 1.73. The van der Waals surface area contributed by atoms with Crippen LogP contribution in [0, 0.1) is 6.92 Å². The molecule has 0 amide bonds. The minimum atomic E-state index is -0.445. The fraction of sp³-hybridized carbons (Fsp3) is 0.111. The zero-order valence-corrected chi connectivity index (χ0v) is 13.7. The summed E-state index contributed by atoms with van der Waals surface area (Å²) in [7, 11) is 0. The lowest BCUT2D eigenvalue weighted by Gasteiger charge is -2.08. The number of aromatic amines is 1. The number of aryl methyl sites for hydroxylation is 1. The number of benzene rings is 2. The number of aromatic nitrogens is 2. The summed E-state index contributed by atoms with van der Waals surface area (Å²) in [5, 5.41) is 0.558. The van der Waals surface area contributed by atoms with E-state index >= 15 is 0 Å². The van der Waals surface area contributed by atoms with Crippen molar-refractivity contribution in [3.05, 3.63) is 87.1 Å². The van der Waals surface area contributed by atoms with Gasteiger partial charge in [0.25, 0.3) is 0 Å². The van der Waals surface area contributed by atoms with Gasteiger partial charge in [-0.05, 0) is 37.3 Å². The van der Waals surface area contributed by atoms with Gasteiger partial charge >= 0.3 is 11.7 Å². The molecule has 122 valence electrons. The van der Waals surface area contributed by atoms with Crippen LogP contribution in [0.15, 0.2) is 59.5 Å². The Kier molecular flexibility index (Phi) is 4.53. The molecule has 1 N–H and O–H groups in total. The van der Waals surface area contributed by atoms with Gasteiger partial charge in [0.05, 0.1) is 11.3 Å². The number of hydrogen-bond donors (Lipinski definition) is 1. The first-order valence-electron chi connectivity index (χ1n) is 7.34. The van der Waals surface area contributed by atoms with Crippen LogP contribution in [0.4, 0.5) is 0 Å². The Morgan fingerprint density at radius 1 is 1.17 bits per heavy atom. The number of rotatable bonds is 4. The molecular formula is C18H15ClN2O3. The number of H-pyrrole nitrogens is 1. The van der Waals surface area contributed by atoms with Crippen molar-refractivity contribution in [3.63, 3.8) is 0 Å². The second-order valence-corrected chi connectivity index (χ2v) is 5.69. The highest BCUT2D eigenvalue weighted by atomic mass is 35.5. The molecule has 0 bridgehead atoms. The maximum Gasteiger partial charge on any atom is 0.338 e. The number of nitrogens with one attached hydrogen (secondary N) is 1. The van der Waals surface area contributed by atoms with E-state index in [1.54, 1.807) is 42.6 Å². The average Bonchev–Trinajstić information content (AvgIpc) is 2.93. The minimum absolute atomic E-state index is 0.108. The molecule has 0 spiro atoms. The van der Waals surface area contributed by atoms with Crippen molar-refractivity contribution in [1.82, 2.24) is 9.55 Å². The molecule has 0 atom stereocenters. The lowest BCUT2D eigenvalue weighted by atomic mass is 10.2. The van der Waals surface area contributed by atoms with Crippen molar-refractivity contribution < 1.29 is 9.53 Å². The molecule has 1 aromatic heterocycles. The molecule has 2 aromatic carbocycles. The summed E-state index contributed by atoms with van der Waals surface area (Å²) < 4.78 is 6.80. The van der Waals surface area contributed by atoms with Crippen molar-refractivity contribution in [3.8, 4) is 5.69 Å². The van der Waals surface area contributed by atoms with Crippen molar-refractivity contribution in [2.75, 3.05) is 0 Å². The van der Waals surface area contributed by atoms with E-state index in [1.807, 2.05) is 19.1 Å². The number of carbonyl (C=O) groups is 1. The number of ether oxygens (including phenoxy) is 1. The van der Waals surface area contributed by atoms with Gasteiger partial charge in [-0.25, -0.2) is 9.59 Å². The number of hydrogen-bond acceptors (Lipinski definition) is 3. The van der Waals surface area contributed by atoms with Gasteiger partial charge in [-0.2, -0.15) is 0 Å². The van der Waals surface area contributed by atoms with Gasteiger partial charge in [0.1, 0.15) is 6.61 Å². The quantitative estimate of drug-likeness (QED) is 0.738. The Morgan fingerprint density at radius 2 is 1.88 bits per heavy atom. The molecule has 24 heavy (non-hydrogen) atoms. The molecule has 5 nitrogen and oxygen atoms in total. The molecule has 0 aliphatic rings. The first kappa shape index (κ1) is 16.1. The summed E-state index contributed by atoms with van der Waals surface area (Å²) in [5.74, 6) is -0.445. The molecule has 3 aromatic rings. The molecule has 0 radical (unpaired) electrons. The summed E-state index contributed by atoms with van der Waals surface area (Å²) in [5.41, 5.74) is 2.41. The standard InChI is InChI=1S/C18H15ClN2O3/c1-12-10-20-18(23)21(12)15-8-6-13(7-9-15)17(22)24-11-14-4-2-3-5-16(14)19/h2-10H,11H2,1H3,(H,20,23). The summed E-state index contributed by atoms with van der Waals surface area (Å²) in [6, 6.07) is 13.9. The maximum absolute atomic E-state index is 12.1. The topological polar surface area (TPSA) is 64.1 Å². The van der Waals surface area contributed by atoms with Crippen LogP contribution in [0.3, 0.4) is 0 Å². The van der Waals surface area contributed by atoms with E-state index in [2.05, 4.69) is 4.98 Å². The second kappa shape index (κ2) is 6.76. The smallest absolute Gasteiger partial charge is 0.338 e. The van der Waals surface area contributed by atoms with Gasteiger partial charge in [0.2, 0.25) is 0 Å². The van der Waals surface area contributed by atoms with Crippen LogP contribution in [0.5, 0.6) is 0 Å². The van der Waals surface area contributed by atoms with Gasteiger partial charge < -0.3 is 9.72 Å². The molecule has 3 rings (SSSR count). The summed E-state index contributed by atoms with van der Waals surface area (Å²) in [6.07, 6.45) is 1.63. The molecule has 0 aliphatic carbocycles. The van der Waals surface area contributed by atoms with Crippen molar-refractivity contribution >= 4 is 17.6 Å². The Bertz CT molecular complexity index is 926. The predicted molar refractivity (Wildman–Crippen MR) is 91.7 cm³/mol. The number of esters is 1. The molecule has 0 unspecified atom stereocenters. The lowest BCUT2D eigenvalue weighted by molar-refractivity contribution is 0.0473. The highest BCUT2D eigenvalue weighted by Crippen LogP contribution is 2.17. The third-order valence-corrected chi connectivity index (χ3v) is 4.01. The fourth-order valence-corrected chi connectivity index (χ4v) is 2.56. The number of imidazole rings is 1.